The Morgan fingerprint density at radius 1 is 0.923 bits per heavy atom. The summed E-state index contributed by atoms with van der Waals surface area (Å²) in [5.74, 6) is -0.816. The molecule has 0 bridgehead atoms. The van der Waals surface area contributed by atoms with Gasteiger partial charge < -0.3 is 10.2 Å². The van der Waals surface area contributed by atoms with Crippen LogP contribution in [-0.2, 0) is 26.2 Å². The summed E-state index contributed by atoms with van der Waals surface area (Å²) < 4.78 is 28.7. The Morgan fingerprint density at radius 2 is 1.56 bits per heavy atom. The molecule has 7 nitrogen and oxygen atoms in total. The zero-order chi connectivity index (χ0) is 28.7. The molecule has 9 heteroatoms. The molecule has 0 radical (unpaired) electrons. The number of nitrogens with one attached hydrogen (secondary N) is 1. The predicted molar refractivity (Wildman–Crippen MR) is 156 cm³/mol. The fraction of sp³-hybridized carbons (Fsp3) is 0.333. The van der Waals surface area contributed by atoms with E-state index < -0.39 is 28.5 Å². The monoisotopic (exact) mass is 569 g/mol. The molecule has 208 valence electrons. The van der Waals surface area contributed by atoms with Gasteiger partial charge in [-0.2, -0.15) is 0 Å². The average molecular weight is 570 g/mol. The molecular formula is C30H36ClN3O4S. The van der Waals surface area contributed by atoms with Crippen LogP contribution in [0.1, 0.15) is 43.9 Å². The van der Waals surface area contributed by atoms with Crippen LogP contribution in [0, 0.1) is 13.8 Å². The number of halogens is 1. The van der Waals surface area contributed by atoms with E-state index in [2.05, 4.69) is 5.32 Å². The normalized spacial score (nSPS) is 12.9. The van der Waals surface area contributed by atoms with E-state index in [0.29, 0.717) is 5.02 Å². The minimum atomic E-state index is -4.14. The number of carbonyl (C=O) groups excluding carboxylic acids is 2. The van der Waals surface area contributed by atoms with Crippen molar-refractivity contribution in [3.63, 3.8) is 0 Å². The highest BCUT2D eigenvalue weighted by Crippen LogP contribution is 2.28. The second kappa shape index (κ2) is 13.1. The van der Waals surface area contributed by atoms with Crippen LogP contribution in [0.5, 0.6) is 0 Å². The van der Waals surface area contributed by atoms with Crippen molar-refractivity contribution in [3.8, 4) is 0 Å². The molecule has 0 heterocycles. The molecule has 0 aromatic heterocycles. The van der Waals surface area contributed by atoms with Crippen LogP contribution >= 0.6 is 11.6 Å². The third-order valence-corrected chi connectivity index (χ3v) is 9.02. The fourth-order valence-corrected chi connectivity index (χ4v) is 5.61. The molecule has 0 spiro atoms. The van der Waals surface area contributed by atoms with Gasteiger partial charge in [-0.1, -0.05) is 67.1 Å². The minimum absolute atomic E-state index is 0.0440. The minimum Gasteiger partial charge on any atom is -0.352 e. The first-order valence-corrected chi connectivity index (χ1v) is 14.8. The van der Waals surface area contributed by atoms with E-state index in [0.717, 1.165) is 27.4 Å². The highest BCUT2D eigenvalue weighted by molar-refractivity contribution is 7.92. The number of hydrogen-bond acceptors (Lipinski definition) is 4. The van der Waals surface area contributed by atoms with Gasteiger partial charge in [0, 0.05) is 17.6 Å². The Bertz CT molecular complexity index is 1410. The number of aryl methyl sites for hydroxylation is 2. The second-order valence-corrected chi connectivity index (χ2v) is 12.0. The molecule has 0 aliphatic rings. The summed E-state index contributed by atoms with van der Waals surface area (Å²) in [6.07, 6.45) is 0.738. The van der Waals surface area contributed by atoms with Crippen molar-refractivity contribution in [3.05, 3.63) is 94.5 Å². The number of anilines is 1. The van der Waals surface area contributed by atoms with Crippen LogP contribution < -0.4 is 9.62 Å². The van der Waals surface area contributed by atoms with Crippen molar-refractivity contribution in [2.45, 2.75) is 64.6 Å². The molecule has 0 saturated carbocycles. The molecule has 0 fully saturated rings. The van der Waals surface area contributed by atoms with Gasteiger partial charge in [0.25, 0.3) is 10.0 Å². The molecule has 1 N–H and O–H groups in total. The van der Waals surface area contributed by atoms with Crippen molar-refractivity contribution >= 4 is 39.1 Å². The van der Waals surface area contributed by atoms with Crippen LogP contribution in [0.4, 0.5) is 5.69 Å². The van der Waals surface area contributed by atoms with Crippen LogP contribution in [0.2, 0.25) is 5.02 Å². The summed E-state index contributed by atoms with van der Waals surface area (Å²) >= 11 is 6.36. The maximum Gasteiger partial charge on any atom is 0.264 e. The molecule has 0 aliphatic heterocycles. The molecule has 3 rings (SSSR count). The van der Waals surface area contributed by atoms with Crippen LogP contribution in [0.15, 0.2) is 77.7 Å². The maximum absolute atomic E-state index is 14.0. The maximum atomic E-state index is 14.0. The van der Waals surface area contributed by atoms with Gasteiger partial charge in [-0.05, 0) is 75.1 Å². The Balaban J connectivity index is 2.05. The van der Waals surface area contributed by atoms with Gasteiger partial charge in [-0.25, -0.2) is 8.42 Å². The molecule has 0 unspecified atom stereocenters. The summed E-state index contributed by atoms with van der Waals surface area (Å²) in [6.45, 7) is 8.90. The first-order chi connectivity index (χ1) is 18.4. The van der Waals surface area contributed by atoms with E-state index in [1.165, 1.54) is 23.1 Å². The Hall–Kier alpha value is -3.36. The first kappa shape index (κ1) is 30.2. The predicted octanol–water partition coefficient (Wildman–Crippen LogP) is 5.48. The number of rotatable bonds is 11. The first-order valence-electron chi connectivity index (χ1n) is 12.9. The van der Waals surface area contributed by atoms with Gasteiger partial charge in [0.1, 0.15) is 12.6 Å². The molecule has 2 atom stereocenters. The van der Waals surface area contributed by atoms with Gasteiger partial charge in [0.15, 0.2) is 0 Å². The van der Waals surface area contributed by atoms with Crippen LogP contribution in [0.25, 0.3) is 0 Å². The van der Waals surface area contributed by atoms with E-state index >= 15 is 0 Å². The summed E-state index contributed by atoms with van der Waals surface area (Å²) in [5, 5.41) is 3.32. The summed E-state index contributed by atoms with van der Waals surface area (Å²) in [5.41, 5.74) is 2.87. The van der Waals surface area contributed by atoms with Gasteiger partial charge in [-0.15, -0.1) is 0 Å². The Labute approximate surface area is 236 Å². The van der Waals surface area contributed by atoms with Crippen molar-refractivity contribution in [2.75, 3.05) is 10.8 Å². The van der Waals surface area contributed by atoms with Crippen molar-refractivity contribution < 1.29 is 18.0 Å². The van der Waals surface area contributed by atoms with Crippen molar-refractivity contribution in [1.82, 2.24) is 10.2 Å². The molecule has 39 heavy (non-hydrogen) atoms. The lowest BCUT2D eigenvalue weighted by atomic mass is 10.1. The lowest BCUT2D eigenvalue weighted by molar-refractivity contribution is -0.139. The van der Waals surface area contributed by atoms with E-state index in [1.54, 1.807) is 37.3 Å². The highest BCUT2D eigenvalue weighted by Gasteiger charge is 2.33. The number of carbonyl (C=O) groups is 2. The largest absolute Gasteiger partial charge is 0.352 e. The average Bonchev–Trinajstić information content (AvgIpc) is 2.92. The van der Waals surface area contributed by atoms with Crippen molar-refractivity contribution in [2.24, 2.45) is 0 Å². The number of nitrogens with zero attached hydrogens (tertiary/aromatic N) is 2. The van der Waals surface area contributed by atoms with E-state index in [1.807, 2.05) is 52.0 Å². The van der Waals surface area contributed by atoms with Gasteiger partial charge in [0.2, 0.25) is 11.8 Å². The van der Waals surface area contributed by atoms with Gasteiger partial charge >= 0.3 is 0 Å². The lowest BCUT2D eigenvalue weighted by Gasteiger charge is -2.33. The van der Waals surface area contributed by atoms with Gasteiger partial charge in [0.05, 0.1) is 10.6 Å². The molecule has 0 aliphatic carbocycles. The Morgan fingerprint density at radius 3 is 2.18 bits per heavy atom. The SMILES string of the molecule is CC[C@@H](C)NC(=O)[C@@H](C)N(Cc1ccccc1C)C(=O)CN(c1ccc(C)c(Cl)c1)S(=O)(=O)c1ccccc1. The van der Waals surface area contributed by atoms with Crippen molar-refractivity contribution in [1.29, 1.82) is 0 Å². The molecule has 3 aromatic rings. The summed E-state index contributed by atoms with van der Waals surface area (Å²) in [7, 11) is -4.14. The van der Waals surface area contributed by atoms with Gasteiger partial charge in [-0.3, -0.25) is 13.9 Å². The van der Waals surface area contributed by atoms with E-state index in [-0.39, 0.29) is 29.1 Å². The van der Waals surface area contributed by atoms with Crippen LogP contribution in [0.3, 0.4) is 0 Å². The topological polar surface area (TPSA) is 86.8 Å². The third-order valence-electron chi connectivity index (χ3n) is 6.82. The lowest BCUT2D eigenvalue weighted by Crippen LogP contribution is -2.52. The number of hydrogen-bond donors (Lipinski definition) is 1. The molecule has 3 aromatic carbocycles. The molecule has 0 saturated heterocycles. The third kappa shape index (κ3) is 7.40. The summed E-state index contributed by atoms with van der Waals surface area (Å²) in [6, 6.07) is 19.5. The number of benzene rings is 3. The van der Waals surface area contributed by atoms with E-state index in [9.17, 15) is 18.0 Å². The highest BCUT2D eigenvalue weighted by atomic mass is 35.5. The Kier molecular flexibility index (Phi) is 10.2. The zero-order valence-corrected chi connectivity index (χ0v) is 24.6. The fourth-order valence-electron chi connectivity index (χ4n) is 4.00. The number of amides is 2. The quantitative estimate of drug-likeness (QED) is 0.331. The standard InChI is InChI=1S/C30H36ClN3O4S/c1-6-23(4)32-30(36)24(5)33(19-25-13-11-10-12-21(25)2)29(35)20-34(26-17-16-22(3)28(31)18-26)39(37,38)27-14-8-7-9-15-27/h7-18,23-24H,6,19-20H2,1-5H3,(H,32,36)/t23-,24-/m1/s1. The molecular weight excluding hydrogens is 534 g/mol. The second-order valence-electron chi connectivity index (χ2n) is 9.70. The summed E-state index contributed by atoms with van der Waals surface area (Å²) in [4.78, 5) is 28.6. The molecule has 2 amide bonds. The zero-order valence-electron chi connectivity index (χ0n) is 23.0. The smallest absolute Gasteiger partial charge is 0.264 e. The number of sulfonamides is 1. The van der Waals surface area contributed by atoms with E-state index in [4.69, 9.17) is 11.6 Å². The van der Waals surface area contributed by atoms with Crippen LogP contribution in [-0.4, -0.2) is 43.8 Å².